The van der Waals surface area contributed by atoms with E-state index in [1.807, 2.05) is 0 Å². The number of ether oxygens (including phenoxy) is 2. The Kier molecular flexibility index (Phi) is 5.74. The molecule has 0 aromatic heterocycles. The van der Waals surface area contributed by atoms with Gasteiger partial charge in [0.05, 0.1) is 12.5 Å². The number of fused-ring (bicyclic) bond motifs is 2. The number of hydrogen-bond acceptors (Lipinski definition) is 2. The number of benzene rings is 2. The molecule has 0 aliphatic carbocycles. The van der Waals surface area contributed by atoms with E-state index >= 15 is 0 Å². The zero-order valence-electron chi connectivity index (χ0n) is 14.9. The van der Waals surface area contributed by atoms with Gasteiger partial charge in [0.2, 0.25) is 6.79 Å². The molecule has 27 heavy (non-hydrogen) atoms. The van der Waals surface area contributed by atoms with Crippen LogP contribution in [0.3, 0.4) is 0 Å². The van der Waals surface area contributed by atoms with E-state index in [1.165, 1.54) is 11.1 Å². The molecule has 0 N–H and O–H groups in total. The van der Waals surface area contributed by atoms with Gasteiger partial charge in [-0.25, -0.2) is 0 Å². The Balaban J connectivity index is 0.000000376. The first-order valence-electron chi connectivity index (χ1n) is 8.36. The average Bonchev–Trinajstić information content (AvgIpc) is 2.72. The number of rotatable bonds is 1. The topological polar surface area (TPSA) is 18.5 Å². The van der Waals surface area contributed by atoms with Crippen LogP contribution < -0.4 is 9.47 Å². The van der Waals surface area contributed by atoms with Gasteiger partial charge in [-0.1, -0.05) is 48.6 Å². The summed E-state index contributed by atoms with van der Waals surface area (Å²) in [5.41, 5.74) is 4.85. The van der Waals surface area contributed by atoms with Gasteiger partial charge in [0.25, 0.3) is 0 Å². The molecule has 4 rings (SSSR count). The van der Waals surface area contributed by atoms with Crippen LogP contribution in [0.1, 0.15) is 27.5 Å². The summed E-state index contributed by atoms with van der Waals surface area (Å²) in [6.07, 6.45) is 9.89. The van der Waals surface area contributed by atoms with Crippen LogP contribution in [-0.2, 0) is 17.3 Å². The normalized spacial score (nSPS) is 18.6. The molecule has 0 saturated heterocycles. The van der Waals surface area contributed by atoms with Gasteiger partial charge in [-0.15, -0.1) is 0 Å². The quantitative estimate of drug-likeness (QED) is 0.366. The molecule has 0 saturated carbocycles. The fraction of sp³-hybridized carbons (Fsp3) is 0.263. The van der Waals surface area contributed by atoms with E-state index in [0.717, 1.165) is 29.0 Å². The summed E-state index contributed by atoms with van der Waals surface area (Å²) in [6.45, 7) is 0.267. The Morgan fingerprint density at radius 2 is 1.44 bits per heavy atom. The molecule has 144 valence electrons. The van der Waals surface area contributed by atoms with Crippen molar-refractivity contribution in [1.82, 2.24) is 0 Å². The summed E-state index contributed by atoms with van der Waals surface area (Å²) < 4.78 is 51.0. The monoisotopic (exact) mass is 398 g/mol. The number of halogens is 4. The molecule has 2 aliphatic heterocycles. The zero-order valence-corrected chi connectivity index (χ0v) is 15.7. The van der Waals surface area contributed by atoms with Crippen molar-refractivity contribution in [2.45, 2.75) is 11.7 Å². The second-order valence-electron chi connectivity index (χ2n) is 6.41. The molecule has 0 amide bonds. The van der Waals surface area contributed by atoms with Crippen molar-refractivity contribution in [1.29, 1.82) is 0 Å². The Labute approximate surface area is 158 Å². The van der Waals surface area contributed by atoms with Gasteiger partial charge >= 0.3 is 7.25 Å². The maximum Gasteiger partial charge on any atom is 0.673 e. The Morgan fingerprint density at radius 3 is 2.07 bits per heavy atom. The first kappa shape index (κ1) is 19.7. The smallest absolute Gasteiger partial charge is 0.457 e. The molecule has 1 atom stereocenters. The van der Waals surface area contributed by atoms with Gasteiger partial charge in [-0.2, -0.15) is 0 Å². The molecule has 1 unspecified atom stereocenters. The van der Waals surface area contributed by atoms with E-state index in [9.17, 15) is 17.3 Å². The Bertz CT molecular complexity index is 846. The predicted molar refractivity (Wildman–Crippen MR) is 104 cm³/mol. The summed E-state index contributed by atoms with van der Waals surface area (Å²) in [5.74, 6) is 1.96. The van der Waals surface area contributed by atoms with E-state index in [2.05, 4.69) is 61.1 Å². The minimum absolute atomic E-state index is 0.252. The molecule has 0 fully saturated rings. The van der Waals surface area contributed by atoms with Gasteiger partial charge in [0.15, 0.2) is 0 Å². The third-order valence-electron chi connectivity index (χ3n) is 4.37. The van der Waals surface area contributed by atoms with Crippen molar-refractivity contribution >= 4 is 30.3 Å². The predicted octanol–water partition coefficient (Wildman–Crippen LogP) is 5.36. The summed E-state index contributed by atoms with van der Waals surface area (Å²) >= 11 is 0. The van der Waals surface area contributed by atoms with Gasteiger partial charge in [-0.3, -0.25) is 0 Å². The molecule has 2 bridgehead atoms. The Morgan fingerprint density at radius 1 is 0.889 bits per heavy atom. The van der Waals surface area contributed by atoms with Crippen LogP contribution in [0.4, 0.5) is 17.3 Å². The molecular formula is C19H19BF4O2S. The van der Waals surface area contributed by atoms with Crippen molar-refractivity contribution in [2.24, 2.45) is 0 Å². The molecule has 2 nitrogen and oxygen atoms in total. The lowest BCUT2D eigenvalue weighted by atomic mass is 9.96. The molecule has 2 aromatic rings. The van der Waals surface area contributed by atoms with Crippen LogP contribution in [0.15, 0.2) is 36.4 Å². The summed E-state index contributed by atoms with van der Waals surface area (Å²) in [4.78, 5) is 0. The van der Waals surface area contributed by atoms with Gasteiger partial charge in [0.1, 0.15) is 16.7 Å². The SMILES string of the molecule is C[S+](C)C1Cc2cccc3c2OCOc2c(cccc21)/C=C\3.F[B-](F)(F)F. The zero-order chi connectivity index (χ0) is 19.6. The van der Waals surface area contributed by atoms with Crippen molar-refractivity contribution < 1.29 is 26.7 Å². The molecule has 2 heterocycles. The van der Waals surface area contributed by atoms with Crippen LogP contribution in [0.2, 0.25) is 0 Å². The molecular weight excluding hydrogens is 379 g/mol. The average molecular weight is 398 g/mol. The van der Waals surface area contributed by atoms with Gasteiger partial charge in [-0.05, 0) is 10.9 Å². The van der Waals surface area contributed by atoms with Crippen LogP contribution in [0.5, 0.6) is 11.5 Å². The van der Waals surface area contributed by atoms with Gasteiger partial charge in [0, 0.05) is 28.7 Å². The van der Waals surface area contributed by atoms with Crippen molar-refractivity contribution in [3.63, 3.8) is 0 Å². The van der Waals surface area contributed by atoms with Crippen molar-refractivity contribution in [2.75, 3.05) is 19.3 Å². The second-order valence-corrected chi connectivity index (χ2v) is 8.74. The minimum atomic E-state index is -6.00. The number of para-hydroxylation sites is 2. The lowest BCUT2D eigenvalue weighted by Gasteiger charge is -2.19. The van der Waals surface area contributed by atoms with Crippen molar-refractivity contribution in [3.8, 4) is 11.5 Å². The molecule has 8 heteroatoms. The Hall–Kier alpha value is -2.09. The van der Waals surface area contributed by atoms with E-state index < -0.39 is 7.25 Å². The van der Waals surface area contributed by atoms with Crippen LogP contribution in [0.25, 0.3) is 12.2 Å². The highest BCUT2D eigenvalue weighted by molar-refractivity contribution is 7.95. The highest BCUT2D eigenvalue weighted by Crippen LogP contribution is 2.41. The second kappa shape index (κ2) is 7.88. The molecule has 2 aromatic carbocycles. The van der Waals surface area contributed by atoms with Crippen molar-refractivity contribution in [3.05, 3.63) is 58.7 Å². The van der Waals surface area contributed by atoms with E-state index in [1.54, 1.807) is 0 Å². The fourth-order valence-electron chi connectivity index (χ4n) is 3.25. The third-order valence-corrected chi connectivity index (χ3v) is 5.93. The number of hydrogen-bond donors (Lipinski definition) is 0. The lowest BCUT2D eigenvalue weighted by Crippen LogP contribution is -2.15. The van der Waals surface area contributed by atoms with E-state index in [0.29, 0.717) is 5.25 Å². The molecule has 2 aliphatic rings. The lowest BCUT2D eigenvalue weighted by molar-refractivity contribution is 0.119. The van der Waals surface area contributed by atoms with Gasteiger partial charge < -0.3 is 26.7 Å². The highest BCUT2D eigenvalue weighted by atomic mass is 32.2. The summed E-state index contributed by atoms with van der Waals surface area (Å²) in [7, 11) is -5.75. The van der Waals surface area contributed by atoms with E-state index in [4.69, 9.17) is 9.47 Å². The summed E-state index contributed by atoms with van der Waals surface area (Å²) in [6, 6.07) is 12.9. The molecule has 0 spiro atoms. The largest absolute Gasteiger partial charge is 0.673 e. The molecule has 0 radical (unpaired) electrons. The first-order valence-corrected chi connectivity index (χ1v) is 10.5. The van der Waals surface area contributed by atoms with Crippen LogP contribution >= 0.6 is 0 Å². The summed E-state index contributed by atoms with van der Waals surface area (Å²) in [5, 5.41) is 0.456. The highest BCUT2D eigenvalue weighted by Gasteiger charge is 2.31. The maximum atomic E-state index is 9.75. The maximum absolute atomic E-state index is 9.75. The van der Waals surface area contributed by atoms with Crippen LogP contribution in [0, 0.1) is 0 Å². The minimum Gasteiger partial charge on any atom is -0.457 e. The fourth-order valence-corrected chi connectivity index (χ4v) is 4.46. The third kappa shape index (κ3) is 4.80. The van der Waals surface area contributed by atoms with E-state index in [-0.39, 0.29) is 17.7 Å². The van der Waals surface area contributed by atoms with Crippen LogP contribution in [-0.4, -0.2) is 26.6 Å². The standard InChI is InChI=1S/C19H19O2S.BF4/c1-22(2)17-11-15-7-3-5-13-9-10-14-6-4-8-16(17)19(14)21-12-20-18(13)15;2-1(3,4)5/h3-10,17H,11-12H2,1-2H3;/q+1;-1/b10-9-;. The first-order chi connectivity index (χ1) is 12.7.